The Morgan fingerprint density at radius 2 is 1.17 bits per heavy atom. The van der Waals surface area contributed by atoms with E-state index in [0.29, 0.717) is 5.92 Å². The third-order valence-corrected chi connectivity index (χ3v) is 9.77. The van der Waals surface area contributed by atoms with E-state index < -0.39 is 0 Å². The van der Waals surface area contributed by atoms with Gasteiger partial charge in [-0.15, -0.1) is 0 Å². The van der Waals surface area contributed by atoms with E-state index in [0.717, 1.165) is 11.4 Å². The van der Waals surface area contributed by atoms with Crippen LogP contribution in [0.2, 0.25) is 0 Å². The lowest BCUT2D eigenvalue weighted by Crippen LogP contribution is -2.54. The first-order chi connectivity index (χ1) is 22.3. The largest absolute Gasteiger partial charge is 0.311 e. The molecule has 0 unspecified atom stereocenters. The third kappa shape index (κ3) is 4.57. The molecular weight excluding hydrogens is 555 g/mol. The summed E-state index contributed by atoms with van der Waals surface area (Å²) in [5.74, 6) is 0.446. The molecule has 0 radical (unpaired) electrons. The highest BCUT2D eigenvalue weighted by Gasteiger charge is 2.43. The Bertz CT molecular complexity index is 2020. The van der Waals surface area contributed by atoms with Gasteiger partial charge in [-0.2, -0.15) is 0 Å². The second-order valence-electron chi connectivity index (χ2n) is 14.1. The van der Waals surface area contributed by atoms with Gasteiger partial charge in [-0.25, -0.2) is 0 Å². The van der Waals surface area contributed by atoms with Gasteiger partial charge >= 0.3 is 0 Å². The van der Waals surface area contributed by atoms with Crippen molar-refractivity contribution in [3.63, 3.8) is 0 Å². The fraction of sp³-hybridized carbons (Fsp3) is 0.163. The first-order valence-corrected chi connectivity index (χ1v) is 16.5. The minimum absolute atomic E-state index is 0.0100. The zero-order valence-corrected chi connectivity index (χ0v) is 27.3. The summed E-state index contributed by atoms with van der Waals surface area (Å²) < 4.78 is 0. The zero-order valence-electron chi connectivity index (χ0n) is 27.3. The van der Waals surface area contributed by atoms with E-state index in [9.17, 15) is 0 Å². The Morgan fingerprint density at radius 3 is 1.78 bits per heavy atom. The molecule has 0 saturated heterocycles. The minimum atomic E-state index is -0.0100. The van der Waals surface area contributed by atoms with Crippen molar-refractivity contribution in [1.82, 2.24) is 0 Å². The standard InChI is InChI=1S/C43H39BN2/c1-29(2)30-21-23-39-40(25-30)46(34-19-13-8-14-20-34)41-27-31(43(3,4)5)26-37-36-28-35(22-24-38(36)44(39)42(37)41)45(32-15-9-6-10-16-32)33-17-11-7-12-18-33/h6-29H,1-5H3. The number of rotatable bonds is 5. The molecule has 3 heteroatoms. The Morgan fingerprint density at radius 1 is 0.565 bits per heavy atom. The quantitative estimate of drug-likeness (QED) is 0.183. The molecule has 224 valence electrons. The molecule has 2 aliphatic heterocycles. The Balaban J connectivity index is 1.41. The summed E-state index contributed by atoms with van der Waals surface area (Å²) in [5, 5.41) is 0. The van der Waals surface area contributed by atoms with E-state index in [2.05, 4.69) is 184 Å². The smallest absolute Gasteiger partial charge is 0.248 e. The summed E-state index contributed by atoms with van der Waals surface area (Å²) in [4.78, 5) is 4.90. The van der Waals surface area contributed by atoms with Crippen molar-refractivity contribution < 1.29 is 0 Å². The molecule has 2 aliphatic rings. The lowest BCUT2D eigenvalue weighted by atomic mass is 9.37. The summed E-state index contributed by atoms with van der Waals surface area (Å²) in [6.07, 6.45) is 0. The fourth-order valence-electron chi connectivity index (χ4n) is 7.37. The van der Waals surface area contributed by atoms with Crippen molar-refractivity contribution in [3.8, 4) is 11.1 Å². The van der Waals surface area contributed by atoms with Gasteiger partial charge in [0.15, 0.2) is 0 Å². The Labute approximate surface area is 274 Å². The van der Waals surface area contributed by atoms with E-state index in [1.54, 1.807) is 0 Å². The molecule has 0 atom stereocenters. The normalized spacial score (nSPS) is 13.0. The van der Waals surface area contributed by atoms with Crippen molar-refractivity contribution in [2.75, 3.05) is 9.80 Å². The van der Waals surface area contributed by atoms with Crippen LogP contribution in [0.1, 0.15) is 51.7 Å². The van der Waals surface area contributed by atoms with Crippen LogP contribution in [0.25, 0.3) is 11.1 Å². The summed E-state index contributed by atoms with van der Waals surface area (Å²) in [5.41, 5.74) is 16.8. The highest BCUT2D eigenvalue weighted by Crippen LogP contribution is 2.45. The number of hydrogen-bond donors (Lipinski definition) is 0. The second-order valence-corrected chi connectivity index (χ2v) is 14.1. The molecule has 6 aromatic rings. The highest BCUT2D eigenvalue weighted by atomic mass is 15.2. The van der Waals surface area contributed by atoms with E-state index >= 15 is 0 Å². The van der Waals surface area contributed by atoms with Crippen molar-refractivity contribution in [2.24, 2.45) is 0 Å². The SMILES string of the molecule is CC(C)c1ccc2c(c1)N(c1ccccc1)c1cc(C(C)(C)C)cc3c1B2c1ccc(N(c2ccccc2)c2ccccc2)cc1-3. The molecule has 0 bridgehead atoms. The number of para-hydroxylation sites is 3. The molecule has 2 nitrogen and oxygen atoms in total. The van der Waals surface area contributed by atoms with Crippen molar-refractivity contribution in [2.45, 2.75) is 46.0 Å². The van der Waals surface area contributed by atoms with Crippen LogP contribution >= 0.6 is 0 Å². The molecule has 0 N–H and O–H groups in total. The molecule has 0 aliphatic carbocycles. The van der Waals surface area contributed by atoms with E-state index in [1.807, 2.05) is 0 Å². The fourth-order valence-corrected chi connectivity index (χ4v) is 7.37. The predicted molar refractivity (Wildman–Crippen MR) is 199 cm³/mol. The molecule has 8 rings (SSSR count). The molecule has 0 saturated carbocycles. The monoisotopic (exact) mass is 594 g/mol. The molecule has 0 fully saturated rings. The molecule has 0 spiro atoms. The lowest BCUT2D eigenvalue weighted by molar-refractivity contribution is 0.591. The van der Waals surface area contributed by atoms with Crippen LogP contribution in [0.3, 0.4) is 0 Å². The van der Waals surface area contributed by atoms with Gasteiger partial charge in [0.25, 0.3) is 0 Å². The number of nitrogens with zero attached hydrogens (tertiary/aromatic N) is 2. The first-order valence-electron chi connectivity index (χ1n) is 16.5. The van der Waals surface area contributed by atoms with Crippen LogP contribution in [-0.2, 0) is 5.41 Å². The van der Waals surface area contributed by atoms with Crippen LogP contribution in [0, 0.1) is 0 Å². The molecular formula is C43H39BN2. The molecule has 46 heavy (non-hydrogen) atoms. The molecule has 0 aromatic heterocycles. The predicted octanol–water partition coefficient (Wildman–Crippen LogP) is 9.86. The van der Waals surface area contributed by atoms with Crippen LogP contribution < -0.4 is 26.2 Å². The van der Waals surface area contributed by atoms with E-state index in [1.165, 1.54) is 61.4 Å². The topological polar surface area (TPSA) is 6.48 Å². The van der Waals surface area contributed by atoms with Gasteiger partial charge in [0.05, 0.1) is 0 Å². The minimum Gasteiger partial charge on any atom is -0.311 e. The van der Waals surface area contributed by atoms with Gasteiger partial charge in [0.2, 0.25) is 6.71 Å². The summed E-state index contributed by atoms with van der Waals surface area (Å²) >= 11 is 0. The maximum atomic E-state index is 2.53. The van der Waals surface area contributed by atoms with Crippen molar-refractivity contribution >= 4 is 57.2 Å². The number of anilines is 6. The van der Waals surface area contributed by atoms with E-state index in [4.69, 9.17) is 0 Å². The Hall–Kier alpha value is -5.02. The first kappa shape index (κ1) is 28.5. The number of fused-ring (bicyclic) bond motifs is 5. The summed E-state index contributed by atoms with van der Waals surface area (Å²) in [6, 6.07) is 51.6. The van der Waals surface area contributed by atoms with Gasteiger partial charge in [-0.1, -0.05) is 119 Å². The third-order valence-electron chi connectivity index (χ3n) is 9.77. The van der Waals surface area contributed by atoms with Gasteiger partial charge in [-0.05, 0) is 105 Å². The van der Waals surface area contributed by atoms with Gasteiger partial charge in [0, 0.05) is 34.1 Å². The maximum Gasteiger partial charge on any atom is 0.248 e. The Kier molecular flexibility index (Phi) is 6.69. The van der Waals surface area contributed by atoms with Crippen LogP contribution in [0.4, 0.5) is 34.1 Å². The average molecular weight is 595 g/mol. The van der Waals surface area contributed by atoms with Crippen LogP contribution in [-0.4, -0.2) is 6.71 Å². The molecule has 2 heterocycles. The number of benzene rings is 6. The number of hydrogen-bond acceptors (Lipinski definition) is 2. The van der Waals surface area contributed by atoms with Crippen LogP contribution in [0.5, 0.6) is 0 Å². The lowest BCUT2D eigenvalue weighted by Gasteiger charge is -2.37. The van der Waals surface area contributed by atoms with E-state index in [-0.39, 0.29) is 12.1 Å². The van der Waals surface area contributed by atoms with Gasteiger partial charge < -0.3 is 9.80 Å². The second kappa shape index (κ2) is 10.8. The van der Waals surface area contributed by atoms with Gasteiger partial charge in [-0.3, -0.25) is 0 Å². The van der Waals surface area contributed by atoms with Crippen molar-refractivity contribution in [3.05, 3.63) is 151 Å². The molecule has 6 aromatic carbocycles. The van der Waals surface area contributed by atoms with Gasteiger partial charge in [0.1, 0.15) is 0 Å². The van der Waals surface area contributed by atoms with Crippen molar-refractivity contribution in [1.29, 1.82) is 0 Å². The van der Waals surface area contributed by atoms with Crippen LogP contribution in [0.15, 0.2) is 140 Å². The molecule has 0 amide bonds. The summed E-state index contributed by atoms with van der Waals surface area (Å²) in [7, 11) is 0. The maximum absolute atomic E-state index is 2.53. The summed E-state index contributed by atoms with van der Waals surface area (Å²) in [6.45, 7) is 11.8. The average Bonchev–Trinajstić information content (AvgIpc) is 3.40. The highest BCUT2D eigenvalue weighted by molar-refractivity contribution is 7.01. The zero-order chi connectivity index (χ0) is 31.6.